The summed E-state index contributed by atoms with van der Waals surface area (Å²) in [6.45, 7) is 7.41. The van der Waals surface area contributed by atoms with Crippen molar-refractivity contribution in [1.82, 2.24) is 4.31 Å². The predicted molar refractivity (Wildman–Crippen MR) is 83.0 cm³/mol. The van der Waals surface area contributed by atoms with Gasteiger partial charge in [0.15, 0.2) is 0 Å². The average molecular weight is 329 g/mol. The third kappa shape index (κ3) is 2.80. The first-order valence-electron chi connectivity index (χ1n) is 6.96. The van der Waals surface area contributed by atoms with Gasteiger partial charge in [0.2, 0.25) is 10.0 Å². The van der Waals surface area contributed by atoms with E-state index in [1.165, 1.54) is 26.2 Å². The molecule has 1 heterocycles. The molecule has 0 bridgehead atoms. The largest absolute Gasteiger partial charge is 0.497 e. The topological polar surface area (TPSA) is 55.8 Å². The molecule has 1 fully saturated rings. The minimum atomic E-state index is -3.65. The maximum absolute atomic E-state index is 14.1. The van der Waals surface area contributed by atoms with Gasteiger partial charge in [0.1, 0.15) is 5.82 Å². The summed E-state index contributed by atoms with van der Waals surface area (Å²) in [6, 6.07) is 3.63. The monoisotopic (exact) mass is 329 g/mol. The molecule has 0 aromatic heterocycles. The fraction of sp³-hybridized carbons (Fsp3) is 0.571. The minimum Gasteiger partial charge on any atom is -0.399 e. The molecular formula is C14H21BFNO4S. The fourth-order valence-electron chi connectivity index (χ4n) is 2.04. The zero-order valence-corrected chi connectivity index (χ0v) is 14.5. The SMILES string of the molecule is CN(C)S(=O)(=O)c1ccc(F)c(B2OC(C)(C)C(C)(C)O2)c1. The highest BCUT2D eigenvalue weighted by molar-refractivity contribution is 7.89. The zero-order valence-electron chi connectivity index (χ0n) is 13.7. The first-order valence-corrected chi connectivity index (χ1v) is 8.40. The molecule has 5 nitrogen and oxygen atoms in total. The van der Waals surface area contributed by atoms with Crippen LogP contribution in [0.1, 0.15) is 27.7 Å². The van der Waals surface area contributed by atoms with Gasteiger partial charge in [0.05, 0.1) is 16.1 Å². The summed E-state index contributed by atoms with van der Waals surface area (Å²) in [5, 5.41) is 0. The minimum absolute atomic E-state index is 0.00334. The summed E-state index contributed by atoms with van der Waals surface area (Å²) in [4.78, 5) is 0.00334. The molecule has 1 aliphatic heterocycles. The van der Waals surface area contributed by atoms with Gasteiger partial charge in [-0.2, -0.15) is 0 Å². The van der Waals surface area contributed by atoms with Crippen LogP contribution in [0, 0.1) is 5.82 Å². The van der Waals surface area contributed by atoms with E-state index in [1.54, 1.807) is 0 Å². The maximum Gasteiger partial charge on any atom is 0.497 e. The van der Waals surface area contributed by atoms with Crippen LogP contribution in [0.2, 0.25) is 0 Å². The Bertz CT molecular complexity index is 672. The number of hydrogen-bond donors (Lipinski definition) is 0. The summed E-state index contributed by atoms with van der Waals surface area (Å²) in [5.74, 6) is -0.559. The fourth-order valence-corrected chi connectivity index (χ4v) is 2.98. The van der Waals surface area contributed by atoms with E-state index in [0.717, 1.165) is 10.4 Å². The first-order chi connectivity index (χ1) is 9.88. The van der Waals surface area contributed by atoms with Crippen molar-refractivity contribution in [1.29, 1.82) is 0 Å². The molecule has 1 aromatic carbocycles. The molecule has 0 spiro atoms. The van der Waals surface area contributed by atoms with Crippen molar-refractivity contribution in [2.45, 2.75) is 43.8 Å². The van der Waals surface area contributed by atoms with Crippen LogP contribution in [0.3, 0.4) is 0 Å². The zero-order chi connectivity index (χ0) is 16.9. The van der Waals surface area contributed by atoms with Crippen molar-refractivity contribution in [3.05, 3.63) is 24.0 Å². The molecular weight excluding hydrogens is 308 g/mol. The molecule has 0 saturated carbocycles. The second-order valence-corrected chi connectivity index (χ2v) is 8.71. The Morgan fingerprint density at radius 1 is 1.09 bits per heavy atom. The van der Waals surface area contributed by atoms with Crippen LogP contribution < -0.4 is 5.46 Å². The van der Waals surface area contributed by atoms with Crippen LogP contribution in [0.25, 0.3) is 0 Å². The summed E-state index contributed by atoms with van der Waals surface area (Å²) >= 11 is 0. The Hall–Kier alpha value is -0.955. The molecule has 8 heteroatoms. The van der Waals surface area contributed by atoms with E-state index in [0.29, 0.717) is 0 Å². The van der Waals surface area contributed by atoms with Gasteiger partial charge < -0.3 is 9.31 Å². The van der Waals surface area contributed by atoms with Gasteiger partial charge in [-0.1, -0.05) is 0 Å². The van der Waals surface area contributed by atoms with Crippen molar-refractivity contribution < 1.29 is 22.1 Å². The van der Waals surface area contributed by atoms with Crippen molar-refractivity contribution in [2.24, 2.45) is 0 Å². The highest BCUT2D eigenvalue weighted by Crippen LogP contribution is 2.36. The molecule has 1 aromatic rings. The van der Waals surface area contributed by atoms with Crippen LogP contribution in [-0.4, -0.2) is 45.1 Å². The van der Waals surface area contributed by atoms with Gasteiger partial charge in [-0.05, 0) is 45.9 Å². The molecule has 0 atom stereocenters. The second-order valence-electron chi connectivity index (χ2n) is 6.56. The second kappa shape index (κ2) is 5.30. The summed E-state index contributed by atoms with van der Waals surface area (Å²) in [7, 11) is -1.74. The lowest BCUT2D eigenvalue weighted by molar-refractivity contribution is 0.00578. The lowest BCUT2D eigenvalue weighted by Crippen LogP contribution is -2.41. The lowest BCUT2D eigenvalue weighted by atomic mass is 9.79. The third-order valence-corrected chi connectivity index (χ3v) is 6.06. The van der Waals surface area contributed by atoms with Crippen molar-refractivity contribution >= 4 is 22.6 Å². The van der Waals surface area contributed by atoms with Crippen LogP contribution in [0.4, 0.5) is 4.39 Å². The normalized spacial score (nSPS) is 20.6. The Labute approximate surface area is 131 Å². The predicted octanol–water partition coefficient (Wildman–Crippen LogP) is 1.38. The Kier molecular flexibility index (Phi) is 4.19. The molecule has 1 aliphatic rings. The number of benzene rings is 1. The van der Waals surface area contributed by atoms with Gasteiger partial charge in [-0.15, -0.1) is 0 Å². The van der Waals surface area contributed by atoms with E-state index in [-0.39, 0.29) is 10.4 Å². The average Bonchev–Trinajstić information content (AvgIpc) is 2.58. The highest BCUT2D eigenvalue weighted by Gasteiger charge is 2.52. The van der Waals surface area contributed by atoms with Gasteiger partial charge in [-0.25, -0.2) is 17.1 Å². The molecule has 22 heavy (non-hydrogen) atoms. The van der Waals surface area contributed by atoms with Gasteiger partial charge in [0.25, 0.3) is 0 Å². The molecule has 2 rings (SSSR count). The summed E-state index contributed by atoms with van der Waals surface area (Å²) in [5.41, 5.74) is -1.16. The Balaban J connectivity index is 2.46. The molecule has 0 amide bonds. The maximum atomic E-state index is 14.1. The molecule has 1 saturated heterocycles. The number of rotatable bonds is 3. The Morgan fingerprint density at radius 2 is 1.59 bits per heavy atom. The molecule has 0 unspecified atom stereocenters. The van der Waals surface area contributed by atoms with Crippen LogP contribution in [0.5, 0.6) is 0 Å². The number of nitrogens with zero attached hydrogens (tertiary/aromatic N) is 1. The highest BCUT2D eigenvalue weighted by atomic mass is 32.2. The van der Waals surface area contributed by atoms with E-state index in [2.05, 4.69) is 0 Å². The van der Waals surface area contributed by atoms with E-state index < -0.39 is 34.2 Å². The molecule has 0 aliphatic carbocycles. The smallest absolute Gasteiger partial charge is 0.399 e. The molecule has 122 valence electrons. The number of hydrogen-bond acceptors (Lipinski definition) is 4. The van der Waals surface area contributed by atoms with E-state index >= 15 is 0 Å². The van der Waals surface area contributed by atoms with E-state index in [9.17, 15) is 12.8 Å². The van der Waals surface area contributed by atoms with Gasteiger partial charge in [-0.3, -0.25) is 0 Å². The van der Waals surface area contributed by atoms with Crippen LogP contribution in [-0.2, 0) is 19.3 Å². The molecule has 0 N–H and O–H groups in total. The number of halogens is 1. The first kappa shape index (κ1) is 17.4. The quantitative estimate of drug-likeness (QED) is 0.786. The van der Waals surface area contributed by atoms with Gasteiger partial charge in [0, 0.05) is 19.6 Å². The van der Waals surface area contributed by atoms with Crippen molar-refractivity contribution in [3.63, 3.8) is 0 Å². The van der Waals surface area contributed by atoms with Crippen LogP contribution in [0.15, 0.2) is 23.1 Å². The summed E-state index contributed by atoms with van der Waals surface area (Å²) in [6.07, 6.45) is 0. The van der Waals surface area contributed by atoms with Crippen molar-refractivity contribution in [3.8, 4) is 0 Å². The van der Waals surface area contributed by atoms with Crippen molar-refractivity contribution in [2.75, 3.05) is 14.1 Å². The van der Waals surface area contributed by atoms with Gasteiger partial charge >= 0.3 is 7.12 Å². The van der Waals surface area contributed by atoms with Crippen LogP contribution >= 0.6 is 0 Å². The standard InChI is InChI=1S/C14H21BFNO4S/c1-13(2)14(3,4)21-15(20-13)11-9-10(7-8-12(11)16)22(18,19)17(5)6/h7-9H,1-6H3. The summed E-state index contributed by atoms with van der Waals surface area (Å²) < 4.78 is 51.2. The van der Waals surface area contributed by atoms with E-state index in [1.807, 2.05) is 27.7 Å². The lowest BCUT2D eigenvalue weighted by Gasteiger charge is -2.32. The number of sulfonamides is 1. The molecule has 0 radical (unpaired) electrons. The third-order valence-electron chi connectivity index (χ3n) is 4.25. The Morgan fingerprint density at radius 3 is 2.05 bits per heavy atom. The van der Waals surface area contributed by atoms with E-state index in [4.69, 9.17) is 9.31 Å².